The molecule has 4 bridgehead atoms. The third kappa shape index (κ3) is 1.68. The molecule has 7 unspecified atom stereocenters. The molecule has 1 aromatic rings. The van der Waals surface area contributed by atoms with Crippen LogP contribution in [0.5, 0.6) is 5.75 Å². The van der Waals surface area contributed by atoms with Gasteiger partial charge in [0.05, 0.1) is 5.92 Å². The average Bonchev–Trinajstić information content (AvgIpc) is 3.26. The number of benzene rings is 1. The highest BCUT2D eigenvalue weighted by molar-refractivity contribution is 5.76. The van der Waals surface area contributed by atoms with Crippen LogP contribution in [0.15, 0.2) is 30.3 Å². The van der Waals surface area contributed by atoms with E-state index in [0.717, 1.165) is 36.0 Å². The molecule has 0 aromatic heterocycles. The minimum absolute atomic E-state index is 0.0370. The molecule has 7 atom stereocenters. The average molecular weight is 282 g/mol. The molecule has 2 heteroatoms. The summed E-state index contributed by atoms with van der Waals surface area (Å²) >= 11 is 0. The first-order valence-electron chi connectivity index (χ1n) is 8.58. The lowest BCUT2D eigenvalue weighted by atomic mass is 9.67. The van der Waals surface area contributed by atoms with Crippen molar-refractivity contribution >= 4 is 5.97 Å². The van der Waals surface area contributed by atoms with E-state index in [4.69, 9.17) is 4.74 Å². The minimum atomic E-state index is 0.0370. The van der Waals surface area contributed by atoms with Gasteiger partial charge in [0.25, 0.3) is 0 Å². The van der Waals surface area contributed by atoms with E-state index in [9.17, 15) is 4.79 Å². The Morgan fingerprint density at radius 1 is 0.905 bits per heavy atom. The number of rotatable bonds is 2. The van der Waals surface area contributed by atoms with Crippen molar-refractivity contribution in [1.82, 2.24) is 0 Å². The van der Waals surface area contributed by atoms with Crippen molar-refractivity contribution in [2.75, 3.05) is 0 Å². The zero-order valence-corrected chi connectivity index (χ0v) is 12.3. The number of hydrogen-bond acceptors (Lipinski definition) is 2. The molecule has 2 nitrogen and oxygen atoms in total. The van der Waals surface area contributed by atoms with Crippen LogP contribution in [-0.2, 0) is 4.79 Å². The van der Waals surface area contributed by atoms with Gasteiger partial charge in [-0.25, -0.2) is 0 Å². The predicted octanol–water partition coefficient (Wildman–Crippen LogP) is 3.91. The number of carbonyl (C=O) groups excluding carboxylic acids is 1. The molecule has 4 aliphatic rings. The van der Waals surface area contributed by atoms with Crippen LogP contribution in [0.4, 0.5) is 0 Å². The van der Waals surface area contributed by atoms with Crippen LogP contribution in [-0.4, -0.2) is 5.97 Å². The molecule has 0 saturated heterocycles. The fraction of sp³-hybridized carbons (Fsp3) is 0.632. The molecule has 0 radical (unpaired) electrons. The van der Waals surface area contributed by atoms with E-state index in [1.165, 1.54) is 25.7 Å². The minimum Gasteiger partial charge on any atom is -0.426 e. The lowest BCUT2D eigenvalue weighted by Crippen LogP contribution is -2.37. The molecule has 4 saturated carbocycles. The van der Waals surface area contributed by atoms with Crippen molar-refractivity contribution in [1.29, 1.82) is 0 Å². The second-order valence-electron chi connectivity index (χ2n) is 7.72. The van der Waals surface area contributed by atoms with Crippen LogP contribution in [0.2, 0.25) is 0 Å². The molecular formula is C19H22O2. The van der Waals surface area contributed by atoms with E-state index >= 15 is 0 Å². The summed E-state index contributed by atoms with van der Waals surface area (Å²) in [5.41, 5.74) is 0. The summed E-state index contributed by atoms with van der Waals surface area (Å²) in [7, 11) is 0. The highest BCUT2D eigenvalue weighted by atomic mass is 16.5. The van der Waals surface area contributed by atoms with Gasteiger partial charge in [-0.05, 0) is 79.7 Å². The predicted molar refractivity (Wildman–Crippen MR) is 79.6 cm³/mol. The van der Waals surface area contributed by atoms with Gasteiger partial charge in [-0.3, -0.25) is 4.79 Å². The van der Waals surface area contributed by atoms with Crippen molar-refractivity contribution in [2.45, 2.75) is 32.1 Å². The lowest BCUT2D eigenvalue weighted by molar-refractivity contribution is -0.142. The first-order chi connectivity index (χ1) is 10.3. The van der Waals surface area contributed by atoms with Crippen molar-refractivity contribution < 1.29 is 9.53 Å². The SMILES string of the molecule is O=C(Oc1ccccc1)C1CC2CC1C1C3CCC(C3)C21. The van der Waals surface area contributed by atoms with Gasteiger partial charge in [-0.2, -0.15) is 0 Å². The molecule has 4 aliphatic carbocycles. The van der Waals surface area contributed by atoms with Gasteiger partial charge >= 0.3 is 5.97 Å². The van der Waals surface area contributed by atoms with Gasteiger partial charge in [-0.15, -0.1) is 0 Å². The van der Waals surface area contributed by atoms with Gasteiger partial charge in [0.2, 0.25) is 0 Å². The summed E-state index contributed by atoms with van der Waals surface area (Å²) in [6, 6.07) is 9.57. The Kier molecular flexibility index (Phi) is 2.54. The molecule has 110 valence electrons. The van der Waals surface area contributed by atoms with Crippen molar-refractivity contribution in [3.63, 3.8) is 0 Å². The number of hydrogen-bond donors (Lipinski definition) is 0. The van der Waals surface area contributed by atoms with Crippen LogP contribution in [0.3, 0.4) is 0 Å². The molecule has 0 amide bonds. The molecule has 1 aromatic carbocycles. The first-order valence-corrected chi connectivity index (χ1v) is 8.58. The monoisotopic (exact) mass is 282 g/mol. The van der Waals surface area contributed by atoms with Gasteiger partial charge < -0.3 is 4.74 Å². The Balaban J connectivity index is 1.35. The maximum Gasteiger partial charge on any atom is 0.314 e. The van der Waals surface area contributed by atoms with Crippen LogP contribution < -0.4 is 4.74 Å². The number of ether oxygens (including phenoxy) is 1. The third-order valence-corrected chi connectivity index (χ3v) is 7.00. The van der Waals surface area contributed by atoms with Crippen LogP contribution in [0.25, 0.3) is 0 Å². The van der Waals surface area contributed by atoms with E-state index in [1.54, 1.807) is 0 Å². The summed E-state index contributed by atoms with van der Waals surface area (Å²) in [6.45, 7) is 0. The van der Waals surface area contributed by atoms with Crippen LogP contribution in [0.1, 0.15) is 32.1 Å². The van der Waals surface area contributed by atoms with Crippen LogP contribution in [0, 0.1) is 41.4 Å². The van der Waals surface area contributed by atoms with E-state index in [0.29, 0.717) is 11.7 Å². The van der Waals surface area contributed by atoms with Crippen molar-refractivity contribution in [3.05, 3.63) is 30.3 Å². The second kappa shape index (κ2) is 4.34. The summed E-state index contributed by atoms with van der Waals surface area (Å²) < 4.78 is 5.64. The van der Waals surface area contributed by atoms with E-state index in [1.807, 2.05) is 30.3 Å². The topological polar surface area (TPSA) is 26.3 Å². The first kappa shape index (κ1) is 12.3. The molecule has 5 rings (SSSR count). The van der Waals surface area contributed by atoms with Crippen LogP contribution >= 0.6 is 0 Å². The van der Waals surface area contributed by atoms with E-state index in [2.05, 4.69) is 0 Å². The summed E-state index contributed by atoms with van der Waals surface area (Å²) in [6.07, 6.45) is 6.75. The number of para-hydroxylation sites is 1. The van der Waals surface area contributed by atoms with Gasteiger partial charge in [-0.1, -0.05) is 18.2 Å². The Morgan fingerprint density at radius 3 is 2.48 bits per heavy atom. The number of carbonyl (C=O) groups is 1. The molecule has 0 N–H and O–H groups in total. The Hall–Kier alpha value is -1.31. The molecular weight excluding hydrogens is 260 g/mol. The molecule has 0 heterocycles. The zero-order chi connectivity index (χ0) is 14.0. The van der Waals surface area contributed by atoms with E-state index in [-0.39, 0.29) is 11.9 Å². The third-order valence-electron chi connectivity index (χ3n) is 7.00. The van der Waals surface area contributed by atoms with Crippen molar-refractivity contribution in [3.8, 4) is 5.75 Å². The fourth-order valence-corrected chi connectivity index (χ4v) is 6.52. The molecule has 0 spiro atoms. The van der Waals surface area contributed by atoms with Gasteiger partial charge in [0.15, 0.2) is 0 Å². The Labute approximate surface area is 125 Å². The second-order valence-corrected chi connectivity index (χ2v) is 7.72. The van der Waals surface area contributed by atoms with Crippen molar-refractivity contribution in [2.24, 2.45) is 41.4 Å². The lowest BCUT2D eigenvalue weighted by Gasteiger charge is -2.37. The smallest absolute Gasteiger partial charge is 0.314 e. The summed E-state index contributed by atoms with van der Waals surface area (Å²) in [5.74, 6) is 6.13. The number of fused-ring (bicyclic) bond motifs is 9. The highest BCUT2D eigenvalue weighted by Gasteiger charge is 2.63. The Bertz CT molecular complexity index is 566. The normalized spacial score (nSPS) is 45.8. The van der Waals surface area contributed by atoms with Gasteiger partial charge in [0, 0.05) is 0 Å². The summed E-state index contributed by atoms with van der Waals surface area (Å²) in [4.78, 5) is 12.6. The number of esters is 1. The quantitative estimate of drug-likeness (QED) is 0.467. The maximum absolute atomic E-state index is 12.6. The largest absolute Gasteiger partial charge is 0.426 e. The highest BCUT2D eigenvalue weighted by Crippen LogP contribution is 2.68. The molecule has 4 fully saturated rings. The molecule has 21 heavy (non-hydrogen) atoms. The van der Waals surface area contributed by atoms with Gasteiger partial charge in [0.1, 0.15) is 5.75 Å². The summed E-state index contributed by atoms with van der Waals surface area (Å²) in [5, 5.41) is 0. The zero-order valence-electron chi connectivity index (χ0n) is 12.3. The maximum atomic E-state index is 12.6. The fourth-order valence-electron chi connectivity index (χ4n) is 6.52. The van der Waals surface area contributed by atoms with E-state index < -0.39 is 0 Å². The standard InChI is InChI=1S/C19H22O2/c20-19(21-14-4-2-1-3-5-14)16-10-13-9-15(16)18-12-7-6-11(8-12)17(13)18/h1-5,11-13,15-18H,6-10H2. The Morgan fingerprint density at radius 2 is 1.67 bits per heavy atom. The molecule has 0 aliphatic heterocycles.